The van der Waals surface area contributed by atoms with Crippen molar-refractivity contribution in [3.8, 4) is 11.5 Å². The number of fused-ring (bicyclic) bond motifs is 2. The number of rotatable bonds is 4. The Labute approximate surface area is 162 Å². The van der Waals surface area contributed by atoms with Gasteiger partial charge >= 0.3 is 7.82 Å². The van der Waals surface area contributed by atoms with Crippen molar-refractivity contribution < 1.29 is 18.5 Å². The van der Waals surface area contributed by atoms with E-state index in [0.29, 0.717) is 11.5 Å². The first-order valence-corrected chi connectivity index (χ1v) is 11.4. The molecular formula is C22H29O4P. The maximum absolute atomic E-state index is 12.8. The Balaban J connectivity index is 2.34. The van der Waals surface area contributed by atoms with Gasteiger partial charge < -0.3 is 9.05 Å². The van der Waals surface area contributed by atoms with Crippen LogP contribution in [0.25, 0.3) is 0 Å². The van der Waals surface area contributed by atoms with Crippen molar-refractivity contribution in [2.75, 3.05) is 0 Å². The molecule has 146 valence electrons. The van der Waals surface area contributed by atoms with E-state index in [0.717, 1.165) is 47.9 Å². The minimum atomic E-state index is -4.28. The number of benzene rings is 2. The van der Waals surface area contributed by atoms with Crippen LogP contribution >= 0.6 is 7.82 Å². The van der Waals surface area contributed by atoms with E-state index in [1.807, 2.05) is 13.8 Å². The van der Waals surface area contributed by atoms with Gasteiger partial charge in [-0.3, -0.25) is 4.89 Å². The minimum Gasteiger partial charge on any atom is -0.395 e. The first kappa shape index (κ1) is 20.0. The summed E-state index contributed by atoms with van der Waals surface area (Å²) in [6.45, 7) is 10.4. The lowest BCUT2D eigenvalue weighted by Crippen LogP contribution is -2.14. The van der Waals surface area contributed by atoms with Gasteiger partial charge in [-0.2, -0.15) is 0 Å². The SMILES string of the molecule is CCc1cc(CC)c2c(c1)C(C)c1cc(CC)cc(CC)c1OP(=O)(O)O2. The molecule has 0 saturated carbocycles. The molecule has 27 heavy (non-hydrogen) atoms. The smallest absolute Gasteiger partial charge is 0.395 e. The summed E-state index contributed by atoms with van der Waals surface area (Å²) in [5.41, 5.74) is 6.22. The monoisotopic (exact) mass is 388 g/mol. The van der Waals surface area contributed by atoms with Gasteiger partial charge in [-0.15, -0.1) is 0 Å². The highest BCUT2D eigenvalue weighted by molar-refractivity contribution is 7.48. The standard InChI is InChI=1S/C22H29O4P/c1-6-15-10-17(8-3)21-19(12-15)14(5)20-13-16(7-2)11-18(9-4)22(20)26-27(23,24)25-21/h10-14H,6-9H2,1-5H3,(H,23,24). The molecule has 0 saturated heterocycles. The fourth-order valence-electron chi connectivity index (χ4n) is 3.78. The lowest BCUT2D eigenvalue weighted by molar-refractivity contribution is 0.283. The Morgan fingerprint density at radius 3 is 1.56 bits per heavy atom. The lowest BCUT2D eigenvalue weighted by Gasteiger charge is -2.29. The maximum Gasteiger partial charge on any atom is 0.584 e. The Hall–Kier alpha value is -1.77. The second-order valence-electron chi connectivity index (χ2n) is 7.13. The number of phosphoric acid groups is 1. The molecule has 0 fully saturated rings. The van der Waals surface area contributed by atoms with Gasteiger partial charge in [0.15, 0.2) is 0 Å². The van der Waals surface area contributed by atoms with E-state index >= 15 is 0 Å². The largest absolute Gasteiger partial charge is 0.584 e. The van der Waals surface area contributed by atoms with E-state index in [2.05, 4.69) is 45.0 Å². The van der Waals surface area contributed by atoms with Crippen LogP contribution in [0.5, 0.6) is 11.5 Å². The molecule has 0 unspecified atom stereocenters. The maximum atomic E-state index is 12.8. The molecule has 1 aliphatic rings. The number of hydrogen-bond acceptors (Lipinski definition) is 3. The van der Waals surface area contributed by atoms with E-state index < -0.39 is 7.82 Å². The predicted octanol–water partition coefficient (Wildman–Crippen LogP) is 5.96. The van der Waals surface area contributed by atoms with E-state index in [-0.39, 0.29) is 5.92 Å². The van der Waals surface area contributed by atoms with E-state index in [4.69, 9.17) is 9.05 Å². The van der Waals surface area contributed by atoms with Gasteiger partial charge in [0, 0.05) is 17.0 Å². The van der Waals surface area contributed by atoms with Crippen LogP contribution in [0.4, 0.5) is 0 Å². The summed E-state index contributed by atoms with van der Waals surface area (Å²) < 4.78 is 24.0. The molecule has 0 aliphatic carbocycles. The highest BCUT2D eigenvalue weighted by atomic mass is 31.2. The molecule has 0 radical (unpaired) electrons. The molecule has 2 aromatic rings. The van der Waals surface area contributed by atoms with Crippen LogP contribution in [0.1, 0.15) is 73.9 Å². The van der Waals surface area contributed by atoms with Crippen LogP contribution in [0.2, 0.25) is 0 Å². The first-order valence-electron chi connectivity index (χ1n) is 9.86. The number of aryl methyl sites for hydroxylation is 4. The third kappa shape index (κ3) is 3.79. The average molecular weight is 388 g/mol. The van der Waals surface area contributed by atoms with Crippen molar-refractivity contribution in [2.24, 2.45) is 0 Å². The molecule has 0 spiro atoms. The van der Waals surface area contributed by atoms with E-state index in [1.54, 1.807) is 0 Å². The van der Waals surface area contributed by atoms with Crippen molar-refractivity contribution in [2.45, 2.75) is 66.2 Å². The summed E-state index contributed by atoms with van der Waals surface area (Å²) in [5, 5.41) is 0. The molecular weight excluding hydrogens is 359 g/mol. The van der Waals surface area contributed by atoms with Crippen LogP contribution < -0.4 is 9.05 Å². The van der Waals surface area contributed by atoms with Gasteiger partial charge in [0.2, 0.25) is 0 Å². The highest BCUT2D eigenvalue weighted by Gasteiger charge is 2.35. The molecule has 1 N–H and O–H groups in total. The fourth-order valence-corrected chi connectivity index (χ4v) is 4.72. The summed E-state index contributed by atoms with van der Waals surface area (Å²) in [7, 11) is -4.28. The van der Waals surface area contributed by atoms with Gasteiger partial charge in [0.05, 0.1) is 0 Å². The van der Waals surface area contributed by atoms with Crippen LogP contribution in [0.3, 0.4) is 0 Å². The van der Waals surface area contributed by atoms with Crippen molar-refractivity contribution in [1.29, 1.82) is 0 Å². The van der Waals surface area contributed by atoms with Gasteiger partial charge in [0.1, 0.15) is 11.5 Å². The first-order chi connectivity index (χ1) is 12.8. The predicted molar refractivity (Wildman–Crippen MR) is 109 cm³/mol. The van der Waals surface area contributed by atoms with Gasteiger partial charge in [0.25, 0.3) is 0 Å². The third-order valence-corrected chi connectivity index (χ3v) is 6.26. The molecule has 0 amide bonds. The Bertz CT molecular complexity index is 834. The van der Waals surface area contributed by atoms with Gasteiger partial charge in [-0.05, 0) is 47.9 Å². The summed E-state index contributed by atoms with van der Waals surface area (Å²) in [5.74, 6) is 1.00. The molecule has 2 aromatic carbocycles. The zero-order valence-corrected chi connectivity index (χ0v) is 17.7. The van der Waals surface area contributed by atoms with Crippen LogP contribution in [-0.4, -0.2) is 4.89 Å². The summed E-state index contributed by atoms with van der Waals surface area (Å²) >= 11 is 0. The number of hydrogen-bond donors (Lipinski definition) is 1. The topological polar surface area (TPSA) is 55.8 Å². The molecule has 0 atom stereocenters. The molecule has 1 heterocycles. The van der Waals surface area contributed by atoms with Crippen LogP contribution in [0, 0.1) is 0 Å². The van der Waals surface area contributed by atoms with Gasteiger partial charge in [-0.25, -0.2) is 4.57 Å². The normalized spacial score (nSPS) is 21.3. The molecule has 0 aromatic heterocycles. The van der Waals surface area contributed by atoms with E-state index in [1.165, 1.54) is 11.1 Å². The Morgan fingerprint density at radius 1 is 0.815 bits per heavy atom. The summed E-state index contributed by atoms with van der Waals surface area (Å²) in [6, 6.07) is 8.35. The average Bonchev–Trinajstić information content (AvgIpc) is 2.66. The summed E-state index contributed by atoms with van der Waals surface area (Å²) in [4.78, 5) is 10.5. The van der Waals surface area contributed by atoms with Gasteiger partial charge in [-0.1, -0.05) is 58.9 Å². The van der Waals surface area contributed by atoms with Crippen molar-refractivity contribution in [3.63, 3.8) is 0 Å². The molecule has 0 bridgehead atoms. The second-order valence-corrected chi connectivity index (χ2v) is 8.44. The lowest BCUT2D eigenvalue weighted by atomic mass is 9.86. The third-order valence-electron chi connectivity index (χ3n) is 5.43. The van der Waals surface area contributed by atoms with Crippen LogP contribution in [0.15, 0.2) is 24.3 Å². The second kappa shape index (κ2) is 7.69. The molecule has 1 aliphatic heterocycles. The number of phosphoric ester groups is 1. The summed E-state index contributed by atoms with van der Waals surface area (Å²) in [6.07, 6.45) is 3.26. The highest BCUT2D eigenvalue weighted by Crippen LogP contribution is 2.54. The van der Waals surface area contributed by atoms with Crippen molar-refractivity contribution in [3.05, 3.63) is 57.6 Å². The minimum absolute atomic E-state index is 0.00361. The fraction of sp³-hybridized carbons (Fsp3) is 0.455. The molecule has 5 heteroatoms. The van der Waals surface area contributed by atoms with E-state index in [9.17, 15) is 9.46 Å². The quantitative estimate of drug-likeness (QED) is 0.657. The van der Waals surface area contributed by atoms with Crippen molar-refractivity contribution in [1.82, 2.24) is 0 Å². The molecule has 3 rings (SSSR count). The zero-order chi connectivity index (χ0) is 19.8. The zero-order valence-electron chi connectivity index (χ0n) is 16.8. The van der Waals surface area contributed by atoms with Crippen LogP contribution in [-0.2, 0) is 30.2 Å². The van der Waals surface area contributed by atoms with Crippen molar-refractivity contribution >= 4 is 7.82 Å². The molecule has 4 nitrogen and oxygen atoms in total. The Kier molecular flexibility index (Phi) is 5.69. The Morgan fingerprint density at radius 2 is 1.22 bits per heavy atom.